The Kier molecular flexibility index (Phi) is 6.24. The molecule has 6 nitrogen and oxygen atoms in total. The van der Waals surface area contributed by atoms with Gasteiger partial charge in [0.25, 0.3) is 5.91 Å². The van der Waals surface area contributed by atoms with E-state index in [0.29, 0.717) is 29.1 Å². The fraction of sp³-hybridized carbons (Fsp3) is 0.174. The third kappa shape index (κ3) is 4.99. The zero-order chi connectivity index (χ0) is 20.8. The lowest BCUT2D eigenvalue weighted by Crippen LogP contribution is -2.13. The van der Waals surface area contributed by atoms with Gasteiger partial charge in [-0.2, -0.15) is 0 Å². The fourth-order valence-corrected chi connectivity index (χ4v) is 2.92. The molecule has 29 heavy (non-hydrogen) atoms. The number of rotatable bonds is 6. The molecule has 0 saturated heterocycles. The van der Waals surface area contributed by atoms with E-state index >= 15 is 0 Å². The van der Waals surface area contributed by atoms with E-state index in [2.05, 4.69) is 15.6 Å². The van der Waals surface area contributed by atoms with Gasteiger partial charge in [-0.05, 0) is 50.6 Å². The molecule has 0 fully saturated rings. The molecule has 3 rings (SSSR count). The van der Waals surface area contributed by atoms with Crippen molar-refractivity contribution in [1.82, 2.24) is 4.98 Å². The number of pyridine rings is 1. The van der Waals surface area contributed by atoms with Crippen molar-refractivity contribution in [3.8, 4) is 0 Å². The highest BCUT2D eigenvalue weighted by atomic mass is 16.5. The molecule has 0 atom stereocenters. The quantitative estimate of drug-likeness (QED) is 0.588. The summed E-state index contributed by atoms with van der Waals surface area (Å²) in [6, 6.07) is 14.6. The van der Waals surface area contributed by atoms with Crippen LogP contribution in [0.2, 0.25) is 0 Å². The standard InChI is InChI=1S/C23H23N3O3/c1-4-29-23(28)19-7-5-6-8-21(19)25-18-12-17(13-24-14-18)22(27)26-20-10-9-15(2)11-16(20)3/h5-14,25H,4H2,1-3H3,(H,26,27). The van der Waals surface area contributed by atoms with Crippen LogP contribution >= 0.6 is 0 Å². The molecule has 6 heteroatoms. The molecule has 1 heterocycles. The number of anilines is 3. The molecule has 0 saturated carbocycles. The number of para-hydroxylation sites is 1. The number of hydrogen-bond acceptors (Lipinski definition) is 5. The summed E-state index contributed by atoms with van der Waals surface area (Å²) in [6.45, 7) is 6.01. The van der Waals surface area contributed by atoms with Gasteiger partial charge in [-0.3, -0.25) is 9.78 Å². The molecule has 0 bridgehead atoms. The van der Waals surface area contributed by atoms with Gasteiger partial charge < -0.3 is 15.4 Å². The lowest BCUT2D eigenvalue weighted by Gasteiger charge is -2.12. The maximum Gasteiger partial charge on any atom is 0.340 e. The van der Waals surface area contributed by atoms with Gasteiger partial charge in [0.1, 0.15) is 0 Å². The predicted octanol–water partition coefficient (Wildman–Crippen LogP) is 4.87. The van der Waals surface area contributed by atoms with Gasteiger partial charge in [-0.25, -0.2) is 4.79 Å². The van der Waals surface area contributed by atoms with Gasteiger partial charge in [0, 0.05) is 11.9 Å². The van der Waals surface area contributed by atoms with Gasteiger partial charge in [0.2, 0.25) is 0 Å². The summed E-state index contributed by atoms with van der Waals surface area (Å²) in [7, 11) is 0. The molecule has 2 N–H and O–H groups in total. The Labute approximate surface area is 169 Å². The Balaban J connectivity index is 1.80. The second-order valence-electron chi connectivity index (χ2n) is 6.63. The largest absolute Gasteiger partial charge is 0.462 e. The number of carbonyl (C=O) groups is 2. The van der Waals surface area contributed by atoms with E-state index in [4.69, 9.17) is 4.74 Å². The highest BCUT2D eigenvalue weighted by molar-refractivity contribution is 6.05. The Bertz CT molecular complexity index is 1050. The van der Waals surface area contributed by atoms with E-state index in [9.17, 15) is 9.59 Å². The van der Waals surface area contributed by atoms with Crippen LogP contribution in [0.15, 0.2) is 60.9 Å². The van der Waals surface area contributed by atoms with Crippen molar-refractivity contribution >= 4 is 28.9 Å². The lowest BCUT2D eigenvalue weighted by molar-refractivity contribution is 0.0527. The summed E-state index contributed by atoms with van der Waals surface area (Å²) in [5, 5.41) is 6.06. The zero-order valence-corrected chi connectivity index (χ0v) is 16.7. The predicted molar refractivity (Wildman–Crippen MR) is 114 cm³/mol. The third-order valence-corrected chi connectivity index (χ3v) is 4.33. The van der Waals surface area contributed by atoms with Crippen LogP contribution in [0.3, 0.4) is 0 Å². The number of benzene rings is 2. The number of hydrogen-bond donors (Lipinski definition) is 2. The van der Waals surface area contributed by atoms with Gasteiger partial charge in [-0.1, -0.05) is 29.8 Å². The minimum Gasteiger partial charge on any atom is -0.462 e. The number of carbonyl (C=O) groups excluding carboxylic acids is 2. The number of aryl methyl sites for hydroxylation is 2. The number of amides is 1. The fourth-order valence-electron chi connectivity index (χ4n) is 2.92. The van der Waals surface area contributed by atoms with E-state index in [0.717, 1.165) is 16.8 Å². The molecule has 3 aromatic rings. The minimum atomic E-state index is -0.410. The first-order valence-electron chi connectivity index (χ1n) is 9.34. The average Bonchev–Trinajstić information content (AvgIpc) is 2.71. The summed E-state index contributed by atoms with van der Waals surface area (Å²) < 4.78 is 5.10. The minimum absolute atomic E-state index is 0.258. The number of nitrogens with zero attached hydrogens (tertiary/aromatic N) is 1. The highest BCUT2D eigenvalue weighted by Crippen LogP contribution is 2.23. The number of nitrogens with one attached hydrogen (secondary N) is 2. The van der Waals surface area contributed by atoms with E-state index in [1.807, 2.05) is 38.1 Å². The maximum absolute atomic E-state index is 12.7. The van der Waals surface area contributed by atoms with Crippen molar-refractivity contribution in [2.24, 2.45) is 0 Å². The van der Waals surface area contributed by atoms with E-state index in [-0.39, 0.29) is 5.91 Å². The zero-order valence-electron chi connectivity index (χ0n) is 16.7. The Hall–Kier alpha value is -3.67. The smallest absolute Gasteiger partial charge is 0.340 e. The molecule has 148 valence electrons. The van der Waals surface area contributed by atoms with Crippen molar-refractivity contribution in [3.63, 3.8) is 0 Å². The topological polar surface area (TPSA) is 80.3 Å². The van der Waals surface area contributed by atoms with Crippen molar-refractivity contribution in [2.45, 2.75) is 20.8 Å². The average molecular weight is 389 g/mol. The molecule has 0 radical (unpaired) electrons. The summed E-state index contributed by atoms with van der Waals surface area (Å²) in [5.41, 5.74) is 4.88. The van der Waals surface area contributed by atoms with Crippen LogP contribution in [0.5, 0.6) is 0 Å². The molecule has 0 unspecified atom stereocenters. The normalized spacial score (nSPS) is 10.3. The van der Waals surface area contributed by atoms with Crippen LogP contribution in [0.1, 0.15) is 38.8 Å². The summed E-state index contributed by atoms with van der Waals surface area (Å²) >= 11 is 0. The third-order valence-electron chi connectivity index (χ3n) is 4.33. The molecule has 0 aliphatic rings. The first-order chi connectivity index (χ1) is 14.0. The van der Waals surface area contributed by atoms with E-state index in [1.54, 1.807) is 37.4 Å². The van der Waals surface area contributed by atoms with Crippen molar-refractivity contribution in [1.29, 1.82) is 0 Å². The molecule has 0 aliphatic carbocycles. The van der Waals surface area contributed by atoms with Crippen LogP contribution in [0.25, 0.3) is 0 Å². The van der Waals surface area contributed by atoms with Crippen molar-refractivity contribution in [3.05, 3.63) is 83.2 Å². The van der Waals surface area contributed by atoms with Crippen molar-refractivity contribution < 1.29 is 14.3 Å². The Morgan fingerprint density at radius 3 is 2.55 bits per heavy atom. The highest BCUT2D eigenvalue weighted by Gasteiger charge is 2.13. The van der Waals surface area contributed by atoms with Crippen LogP contribution < -0.4 is 10.6 Å². The van der Waals surface area contributed by atoms with E-state index < -0.39 is 5.97 Å². The van der Waals surface area contributed by atoms with Crippen LogP contribution in [-0.4, -0.2) is 23.5 Å². The summed E-state index contributed by atoms with van der Waals surface area (Å²) in [6.07, 6.45) is 3.09. The van der Waals surface area contributed by atoms with Crippen LogP contribution in [0, 0.1) is 13.8 Å². The first kappa shape index (κ1) is 20.1. The van der Waals surface area contributed by atoms with Crippen molar-refractivity contribution in [2.75, 3.05) is 17.2 Å². The van der Waals surface area contributed by atoms with Gasteiger partial charge in [0.05, 0.1) is 35.3 Å². The lowest BCUT2D eigenvalue weighted by atomic mass is 10.1. The Morgan fingerprint density at radius 2 is 1.79 bits per heavy atom. The van der Waals surface area contributed by atoms with Gasteiger partial charge >= 0.3 is 5.97 Å². The van der Waals surface area contributed by atoms with Gasteiger partial charge in [0.15, 0.2) is 0 Å². The van der Waals surface area contributed by atoms with Crippen LogP contribution in [0.4, 0.5) is 17.1 Å². The number of ether oxygens (including phenoxy) is 1. The second-order valence-corrected chi connectivity index (χ2v) is 6.63. The molecule has 1 amide bonds. The first-order valence-corrected chi connectivity index (χ1v) is 9.34. The van der Waals surface area contributed by atoms with Crippen LogP contribution in [-0.2, 0) is 4.74 Å². The summed E-state index contributed by atoms with van der Waals surface area (Å²) in [5.74, 6) is -0.668. The monoisotopic (exact) mass is 389 g/mol. The molecular formula is C23H23N3O3. The molecule has 0 spiro atoms. The number of esters is 1. The molecule has 2 aromatic carbocycles. The number of aromatic nitrogens is 1. The maximum atomic E-state index is 12.7. The SMILES string of the molecule is CCOC(=O)c1ccccc1Nc1cncc(C(=O)Nc2ccc(C)cc2C)c1. The Morgan fingerprint density at radius 1 is 1.00 bits per heavy atom. The van der Waals surface area contributed by atoms with E-state index in [1.165, 1.54) is 6.20 Å². The summed E-state index contributed by atoms with van der Waals surface area (Å²) in [4.78, 5) is 29.0. The van der Waals surface area contributed by atoms with Gasteiger partial charge in [-0.15, -0.1) is 0 Å². The molecule has 1 aromatic heterocycles. The second kappa shape index (κ2) is 9.01. The molecule has 0 aliphatic heterocycles. The molecular weight excluding hydrogens is 366 g/mol.